The van der Waals surface area contributed by atoms with E-state index in [0.29, 0.717) is 10.8 Å². The molecular weight excluding hydrogens is 428 g/mol. The lowest BCUT2D eigenvalue weighted by Gasteiger charge is -2.14. The van der Waals surface area contributed by atoms with Gasteiger partial charge in [-0.25, -0.2) is 13.1 Å². The summed E-state index contributed by atoms with van der Waals surface area (Å²) in [6.45, 7) is 1.83. The van der Waals surface area contributed by atoms with Gasteiger partial charge in [0.05, 0.1) is 19.4 Å². The molecule has 0 saturated carbocycles. The Labute approximate surface area is 180 Å². The van der Waals surface area contributed by atoms with Crippen molar-refractivity contribution in [3.05, 3.63) is 82.8 Å². The fraction of sp³-hybridized carbons (Fsp3) is 0.190. The third kappa shape index (κ3) is 5.21. The summed E-state index contributed by atoms with van der Waals surface area (Å²) in [5.74, 6) is 0.291. The Morgan fingerprint density at radius 3 is 2.53 bits per heavy atom. The number of sulfonamides is 1. The van der Waals surface area contributed by atoms with Gasteiger partial charge < -0.3 is 14.5 Å². The van der Waals surface area contributed by atoms with Gasteiger partial charge in [0.25, 0.3) is 5.91 Å². The smallest absolute Gasteiger partial charge is 0.251 e. The molecule has 0 aliphatic heterocycles. The van der Waals surface area contributed by atoms with E-state index in [4.69, 9.17) is 20.8 Å². The maximum atomic E-state index is 12.9. The van der Waals surface area contributed by atoms with Crippen LogP contribution in [0.4, 0.5) is 0 Å². The molecular formula is C21H21ClN2O5S. The van der Waals surface area contributed by atoms with Crippen LogP contribution in [0.2, 0.25) is 5.02 Å². The van der Waals surface area contributed by atoms with E-state index in [1.165, 1.54) is 31.6 Å². The Hall–Kier alpha value is -2.81. The first-order chi connectivity index (χ1) is 14.3. The SMILES string of the molecule is COc1ccc(C(=O)NC(C)c2ccco2)cc1S(=O)(=O)NCc1ccc(Cl)cc1. The number of benzene rings is 2. The molecule has 0 spiro atoms. The molecule has 1 amide bonds. The molecule has 3 aromatic rings. The highest BCUT2D eigenvalue weighted by atomic mass is 35.5. The van der Waals surface area contributed by atoms with Crippen molar-refractivity contribution in [2.24, 2.45) is 0 Å². The molecule has 30 heavy (non-hydrogen) atoms. The van der Waals surface area contributed by atoms with E-state index in [1.54, 1.807) is 43.3 Å². The van der Waals surface area contributed by atoms with Crippen LogP contribution in [0.1, 0.15) is 34.6 Å². The average Bonchev–Trinajstić information content (AvgIpc) is 3.28. The van der Waals surface area contributed by atoms with Crippen LogP contribution in [0.3, 0.4) is 0 Å². The van der Waals surface area contributed by atoms with Crippen molar-refractivity contribution in [2.75, 3.05) is 7.11 Å². The van der Waals surface area contributed by atoms with Crippen molar-refractivity contribution >= 4 is 27.5 Å². The van der Waals surface area contributed by atoms with Gasteiger partial charge in [-0.3, -0.25) is 4.79 Å². The number of ether oxygens (including phenoxy) is 1. The summed E-state index contributed by atoms with van der Waals surface area (Å²) in [6, 6.07) is 14.1. The monoisotopic (exact) mass is 448 g/mol. The van der Waals surface area contributed by atoms with Crippen LogP contribution >= 0.6 is 11.6 Å². The number of nitrogens with one attached hydrogen (secondary N) is 2. The largest absolute Gasteiger partial charge is 0.495 e. The Bertz CT molecular complexity index is 1110. The van der Waals surface area contributed by atoms with Gasteiger partial charge >= 0.3 is 0 Å². The lowest BCUT2D eigenvalue weighted by Crippen LogP contribution is -2.27. The van der Waals surface area contributed by atoms with Crippen molar-refractivity contribution in [2.45, 2.75) is 24.4 Å². The lowest BCUT2D eigenvalue weighted by atomic mass is 10.1. The van der Waals surface area contributed by atoms with Crippen LogP contribution in [-0.2, 0) is 16.6 Å². The first-order valence-electron chi connectivity index (χ1n) is 9.06. The normalized spacial score (nSPS) is 12.4. The summed E-state index contributed by atoms with van der Waals surface area (Å²) in [4.78, 5) is 12.5. The number of carbonyl (C=O) groups is 1. The van der Waals surface area contributed by atoms with E-state index < -0.39 is 15.9 Å². The minimum absolute atomic E-state index is 0.0641. The highest BCUT2D eigenvalue weighted by molar-refractivity contribution is 7.89. The third-order valence-electron chi connectivity index (χ3n) is 4.41. The number of halogens is 1. The molecule has 2 N–H and O–H groups in total. The molecule has 2 aromatic carbocycles. The van der Waals surface area contributed by atoms with Gasteiger partial charge in [-0.15, -0.1) is 0 Å². The fourth-order valence-corrected chi connectivity index (χ4v) is 4.11. The topological polar surface area (TPSA) is 97.6 Å². The third-order valence-corrected chi connectivity index (χ3v) is 6.09. The highest BCUT2D eigenvalue weighted by Gasteiger charge is 2.22. The molecule has 0 aliphatic rings. The van der Waals surface area contributed by atoms with Gasteiger partial charge in [-0.05, 0) is 55.0 Å². The van der Waals surface area contributed by atoms with Gasteiger partial charge in [0, 0.05) is 17.1 Å². The molecule has 1 heterocycles. The second kappa shape index (κ2) is 9.34. The number of amides is 1. The second-order valence-electron chi connectivity index (χ2n) is 6.53. The van der Waals surface area contributed by atoms with Crippen LogP contribution in [0.25, 0.3) is 0 Å². The first-order valence-corrected chi connectivity index (χ1v) is 10.9. The Kier molecular flexibility index (Phi) is 6.81. The average molecular weight is 449 g/mol. The Morgan fingerprint density at radius 1 is 1.17 bits per heavy atom. The lowest BCUT2D eigenvalue weighted by molar-refractivity contribution is 0.0935. The van der Waals surface area contributed by atoms with E-state index in [1.807, 2.05) is 0 Å². The minimum atomic E-state index is -3.95. The van der Waals surface area contributed by atoms with E-state index in [9.17, 15) is 13.2 Å². The quantitative estimate of drug-likeness (QED) is 0.544. The van der Waals surface area contributed by atoms with E-state index in [2.05, 4.69) is 10.0 Å². The molecule has 1 aromatic heterocycles. The number of hydrogen-bond donors (Lipinski definition) is 2. The molecule has 0 radical (unpaired) electrons. The number of rotatable bonds is 8. The number of carbonyl (C=O) groups excluding carboxylic acids is 1. The van der Waals surface area contributed by atoms with Crippen LogP contribution in [0, 0.1) is 0 Å². The summed E-state index contributed by atoms with van der Waals surface area (Å²) in [5.41, 5.74) is 0.921. The zero-order chi connectivity index (χ0) is 21.7. The molecule has 0 saturated heterocycles. The standard InChI is InChI=1S/C21H21ClN2O5S/c1-14(18-4-3-11-29-18)24-21(25)16-7-10-19(28-2)20(12-16)30(26,27)23-13-15-5-8-17(22)9-6-15/h3-12,14,23H,13H2,1-2H3,(H,24,25). The van der Waals surface area contributed by atoms with Gasteiger partial charge in [0.2, 0.25) is 10.0 Å². The maximum Gasteiger partial charge on any atom is 0.251 e. The zero-order valence-electron chi connectivity index (χ0n) is 16.4. The Morgan fingerprint density at radius 2 is 1.90 bits per heavy atom. The molecule has 1 atom stereocenters. The van der Waals surface area contributed by atoms with Crippen molar-refractivity contribution in [1.82, 2.24) is 10.0 Å². The molecule has 0 fully saturated rings. The van der Waals surface area contributed by atoms with Crippen molar-refractivity contribution in [3.8, 4) is 5.75 Å². The molecule has 3 rings (SSSR count). The molecule has 7 nitrogen and oxygen atoms in total. The predicted octanol–water partition coefficient (Wildman–Crippen LogP) is 3.91. The molecule has 158 valence electrons. The summed E-state index contributed by atoms with van der Waals surface area (Å²) in [5, 5.41) is 3.34. The number of furan rings is 1. The van der Waals surface area contributed by atoms with Gasteiger partial charge in [-0.1, -0.05) is 23.7 Å². The minimum Gasteiger partial charge on any atom is -0.495 e. The first kappa shape index (κ1) is 21.9. The maximum absolute atomic E-state index is 12.9. The number of hydrogen-bond acceptors (Lipinski definition) is 5. The van der Waals surface area contributed by atoms with Crippen LogP contribution in [0.5, 0.6) is 5.75 Å². The Balaban J connectivity index is 1.80. The van der Waals surface area contributed by atoms with Crippen LogP contribution in [-0.4, -0.2) is 21.4 Å². The highest BCUT2D eigenvalue weighted by Crippen LogP contribution is 2.25. The zero-order valence-corrected chi connectivity index (χ0v) is 18.0. The molecule has 0 aliphatic carbocycles. The second-order valence-corrected chi connectivity index (χ2v) is 8.70. The summed E-state index contributed by atoms with van der Waals surface area (Å²) < 4.78 is 38.7. The van der Waals surface area contributed by atoms with Crippen molar-refractivity contribution in [1.29, 1.82) is 0 Å². The van der Waals surface area contributed by atoms with E-state index in [0.717, 1.165) is 5.56 Å². The number of methoxy groups -OCH3 is 1. The predicted molar refractivity (Wildman–Crippen MR) is 113 cm³/mol. The van der Waals surface area contributed by atoms with Gasteiger partial charge in [-0.2, -0.15) is 0 Å². The summed E-state index contributed by atoms with van der Waals surface area (Å²) in [7, 11) is -2.58. The summed E-state index contributed by atoms with van der Waals surface area (Å²) in [6.07, 6.45) is 1.52. The summed E-state index contributed by atoms with van der Waals surface area (Å²) >= 11 is 5.85. The molecule has 9 heteroatoms. The van der Waals surface area contributed by atoms with Crippen molar-refractivity contribution in [3.63, 3.8) is 0 Å². The van der Waals surface area contributed by atoms with Crippen molar-refractivity contribution < 1.29 is 22.4 Å². The fourth-order valence-electron chi connectivity index (χ4n) is 2.78. The van der Waals surface area contributed by atoms with Crippen LogP contribution in [0.15, 0.2) is 70.2 Å². The van der Waals surface area contributed by atoms with E-state index >= 15 is 0 Å². The van der Waals surface area contributed by atoms with Gasteiger partial charge in [0.1, 0.15) is 16.4 Å². The van der Waals surface area contributed by atoms with Gasteiger partial charge in [0.15, 0.2) is 0 Å². The molecule has 1 unspecified atom stereocenters. The molecule has 0 bridgehead atoms. The van der Waals surface area contributed by atoms with Crippen LogP contribution < -0.4 is 14.8 Å². The van der Waals surface area contributed by atoms with E-state index in [-0.39, 0.29) is 28.8 Å².